The van der Waals surface area contributed by atoms with Gasteiger partial charge < -0.3 is 15.8 Å². The van der Waals surface area contributed by atoms with E-state index in [0.717, 1.165) is 27.5 Å². The number of rotatable bonds is 9. The molecule has 3 amide bonds. The molecule has 4 N–H and O–H groups in total. The Hall–Kier alpha value is -3.55. The fourth-order valence-corrected chi connectivity index (χ4v) is 5.40. The molecular formula is C29H36IN7O4. The van der Waals surface area contributed by atoms with Gasteiger partial charge in [-0.2, -0.15) is 0 Å². The van der Waals surface area contributed by atoms with Crippen LogP contribution in [0.2, 0.25) is 0 Å². The fourth-order valence-electron chi connectivity index (χ4n) is 5.04. The van der Waals surface area contributed by atoms with E-state index >= 15 is 0 Å². The molecule has 2 aromatic carbocycles. The zero-order chi connectivity index (χ0) is 29.6. The smallest absolute Gasteiger partial charge is 0.407 e. The molecule has 11 nitrogen and oxygen atoms in total. The molecular weight excluding hydrogens is 637 g/mol. The van der Waals surface area contributed by atoms with Gasteiger partial charge in [-0.3, -0.25) is 14.5 Å². The molecule has 1 atom stereocenters. The highest BCUT2D eigenvalue weighted by Gasteiger charge is 2.36. The standard InChI is InChI=1S/C29H36IN7O4/c1-29(2,3)41-28(40)32-17-19-4-8-21(9-5-19)27(39)37(23-14-10-20(11-15-23)26-33-35-36-34-26)24(25(31)38)16-18-6-12-22(30)13-7-18/h6-7,10-15,19,21,24H,4-5,8-9,16-17H2,1-3H3,(H2,31,38)(H,32,40)(H,33,34,35,36)/t19-,21-,24-/m0/s1. The van der Waals surface area contributed by atoms with Gasteiger partial charge in [0.05, 0.1) is 0 Å². The van der Waals surface area contributed by atoms with Crippen LogP contribution in [0, 0.1) is 15.4 Å². The highest BCUT2D eigenvalue weighted by molar-refractivity contribution is 14.1. The van der Waals surface area contributed by atoms with Crippen LogP contribution in [-0.2, 0) is 20.7 Å². The summed E-state index contributed by atoms with van der Waals surface area (Å²) in [6, 6.07) is 14.1. The van der Waals surface area contributed by atoms with Gasteiger partial charge in [-0.25, -0.2) is 9.89 Å². The monoisotopic (exact) mass is 673 g/mol. The molecule has 1 saturated carbocycles. The summed E-state index contributed by atoms with van der Waals surface area (Å²) in [7, 11) is 0. The summed E-state index contributed by atoms with van der Waals surface area (Å²) in [6.45, 7) is 5.97. The third-order valence-electron chi connectivity index (χ3n) is 7.11. The average molecular weight is 674 g/mol. The average Bonchev–Trinajstić information content (AvgIpc) is 3.47. The number of benzene rings is 2. The number of amides is 3. The normalized spacial score (nSPS) is 17.9. The number of carbonyl (C=O) groups excluding carboxylic acids is 3. The summed E-state index contributed by atoms with van der Waals surface area (Å²) in [4.78, 5) is 40.6. The van der Waals surface area contributed by atoms with Crippen LogP contribution >= 0.6 is 22.6 Å². The van der Waals surface area contributed by atoms with Crippen molar-refractivity contribution in [2.45, 2.75) is 64.5 Å². The Morgan fingerprint density at radius 3 is 2.29 bits per heavy atom. The Balaban J connectivity index is 1.51. The van der Waals surface area contributed by atoms with Crippen molar-refractivity contribution in [1.29, 1.82) is 0 Å². The number of carbonyl (C=O) groups is 3. The Morgan fingerprint density at radius 1 is 1.07 bits per heavy atom. The van der Waals surface area contributed by atoms with Crippen LogP contribution in [-0.4, -0.2) is 56.7 Å². The van der Waals surface area contributed by atoms with E-state index in [0.29, 0.717) is 37.3 Å². The number of tetrazole rings is 1. The number of hydrogen-bond donors (Lipinski definition) is 3. The van der Waals surface area contributed by atoms with Crippen molar-refractivity contribution < 1.29 is 19.1 Å². The zero-order valence-electron chi connectivity index (χ0n) is 23.5. The molecule has 1 fully saturated rings. The number of hydrogen-bond acceptors (Lipinski definition) is 7. The van der Waals surface area contributed by atoms with E-state index in [4.69, 9.17) is 10.5 Å². The Bertz CT molecular complexity index is 1320. The largest absolute Gasteiger partial charge is 0.444 e. The number of alkyl carbamates (subject to hydrolysis) is 1. The summed E-state index contributed by atoms with van der Waals surface area (Å²) in [6.07, 6.45) is 2.69. The zero-order valence-corrected chi connectivity index (χ0v) is 25.6. The number of nitrogens with one attached hydrogen (secondary N) is 2. The van der Waals surface area contributed by atoms with Crippen LogP contribution < -0.4 is 16.0 Å². The number of anilines is 1. The van der Waals surface area contributed by atoms with Crippen LogP contribution in [0.3, 0.4) is 0 Å². The van der Waals surface area contributed by atoms with E-state index in [1.54, 1.807) is 29.2 Å². The summed E-state index contributed by atoms with van der Waals surface area (Å²) in [5, 5.41) is 16.7. The molecule has 0 saturated heterocycles. The van der Waals surface area contributed by atoms with E-state index in [2.05, 4.69) is 48.5 Å². The lowest BCUT2D eigenvalue weighted by atomic mass is 9.81. The first-order valence-electron chi connectivity index (χ1n) is 13.7. The number of halogens is 1. The van der Waals surface area contributed by atoms with E-state index in [1.807, 2.05) is 45.0 Å². The van der Waals surface area contributed by atoms with Crippen molar-refractivity contribution in [2.24, 2.45) is 17.6 Å². The maximum Gasteiger partial charge on any atom is 0.407 e. The van der Waals surface area contributed by atoms with Gasteiger partial charge in [-0.05, 0) is 127 Å². The summed E-state index contributed by atoms with van der Waals surface area (Å²) < 4.78 is 6.41. The summed E-state index contributed by atoms with van der Waals surface area (Å²) >= 11 is 2.23. The maximum atomic E-state index is 14.1. The van der Waals surface area contributed by atoms with Gasteiger partial charge in [0.15, 0.2) is 5.82 Å². The number of H-pyrrole nitrogens is 1. The minimum Gasteiger partial charge on any atom is -0.444 e. The van der Waals surface area contributed by atoms with Crippen molar-refractivity contribution in [1.82, 2.24) is 25.9 Å². The molecule has 0 bridgehead atoms. The predicted molar refractivity (Wildman–Crippen MR) is 163 cm³/mol. The maximum absolute atomic E-state index is 14.1. The topological polar surface area (TPSA) is 156 Å². The lowest BCUT2D eigenvalue weighted by Crippen LogP contribution is -2.52. The van der Waals surface area contributed by atoms with Crippen molar-refractivity contribution in [3.8, 4) is 11.4 Å². The molecule has 4 rings (SSSR count). The van der Waals surface area contributed by atoms with Crippen molar-refractivity contribution in [3.63, 3.8) is 0 Å². The Labute approximate surface area is 253 Å². The first-order valence-corrected chi connectivity index (χ1v) is 14.8. The molecule has 1 aliphatic carbocycles. The van der Waals surface area contributed by atoms with Gasteiger partial charge in [0.25, 0.3) is 0 Å². The highest BCUT2D eigenvalue weighted by atomic mass is 127. The molecule has 1 aromatic heterocycles. The second kappa shape index (κ2) is 13.4. The lowest BCUT2D eigenvalue weighted by molar-refractivity contribution is -0.127. The van der Waals surface area contributed by atoms with Crippen LogP contribution in [0.1, 0.15) is 52.0 Å². The number of primary amides is 1. The SMILES string of the molecule is CC(C)(C)OC(=O)NC[C@H]1CC[C@H](C(=O)N(c2ccc(-c3nnn[nH]3)cc2)[C@@H](Cc2ccc(I)cc2)C(N)=O)CC1. The molecule has 0 unspecified atom stereocenters. The summed E-state index contributed by atoms with van der Waals surface area (Å²) in [5.41, 5.74) is 7.62. The number of nitrogens with zero attached hydrogens (tertiary/aromatic N) is 4. The number of aromatic nitrogens is 4. The molecule has 0 spiro atoms. The minimum absolute atomic E-state index is 0.132. The molecule has 3 aromatic rings. The molecule has 0 aliphatic heterocycles. The summed E-state index contributed by atoms with van der Waals surface area (Å²) in [5.74, 6) is -0.237. The molecule has 12 heteroatoms. The number of aromatic amines is 1. The second-order valence-corrected chi connectivity index (χ2v) is 12.6. The fraction of sp³-hybridized carbons (Fsp3) is 0.448. The number of ether oxygens (including phenoxy) is 1. The van der Waals surface area contributed by atoms with Gasteiger partial charge in [-0.15, -0.1) is 5.10 Å². The second-order valence-electron chi connectivity index (χ2n) is 11.4. The van der Waals surface area contributed by atoms with E-state index in [-0.39, 0.29) is 17.7 Å². The van der Waals surface area contributed by atoms with Gasteiger partial charge in [0.1, 0.15) is 11.6 Å². The van der Waals surface area contributed by atoms with E-state index < -0.39 is 23.6 Å². The lowest BCUT2D eigenvalue weighted by Gasteiger charge is -2.36. The van der Waals surface area contributed by atoms with Crippen LogP contribution in [0.4, 0.5) is 10.5 Å². The molecule has 1 aliphatic rings. The predicted octanol–water partition coefficient (Wildman–Crippen LogP) is 4.23. The Morgan fingerprint density at radius 2 is 1.73 bits per heavy atom. The quantitative estimate of drug-likeness (QED) is 0.287. The van der Waals surface area contributed by atoms with Gasteiger partial charge in [-0.1, -0.05) is 12.1 Å². The first kappa shape index (κ1) is 30.4. The van der Waals surface area contributed by atoms with Gasteiger partial charge >= 0.3 is 6.09 Å². The third kappa shape index (κ3) is 8.47. The van der Waals surface area contributed by atoms with Gasteiger partial charge in [0.2, 0.25) is 11.8 Å². The van der Waals surface area contributed by atoms with Crippen LogP contribution in [0.5, 0.6) is 0 Å². The molecule has 218 valence electrons. The van der Waals surface area contributed by atoms with E-state index in [9.17, 15) is 14.4 Å². The van der Waals surface area contributed by atoms with Gasteiger partial charge in [0, 0.05) is 33.7 Å². The van der Waals surface area contributed by atoms with Crippen molar-refractivity contribution in [2.75, 3.05) is 11.4 Å². The van der Waals surface area contributed by atoms with Crippen molar-refractivity contribution in [3.05, 3.63) is 57.7 Å². The van der Waals surface area contributed by atoms with Crippen LogP contribution in [0.25, 0.3) is 11.4 Å². The Kier molecular flexibility index (Phi) is 9.94. The molecule has 0 radical (unpaired) electrons. The third-order valence-corrected chi connectivity index (χ3v) is 7.83. The highest BCUT2D eigenvalue weighted by Crippen LogP contribution is 2.33. The molecule has 1 heterocycles. The van der Waals surface area contributed by atoms with Crippen molar-refractivity contribution >= 4 is 46.2 Å². The minimum atomic E-state index is -0.869. The molecule has 41 heavy (non-hydrogen) atoms. The van der Waals surface area contributed by atoms with Crippen LogP contribution in [0.15, 0.2) is 48.5 Å². The number of nitrogens with two attached hydrogens (primary N) is 1. The first-order chi connectivity index (χ1) is 19.5. The van der Waals surface area contributed by atoms with E-state index in [1.165, 1.54) is 0 Å².